The molecule has 1 aliphatic rings. The van der Waals surface area contributed by atoms with Crippen molar-refractivity contribution in [2.75, 3.05) is 39.8 Å². The first kappa shape index (κ1) is 23.0. The molecular weight excluding hydrogens is 485 g/mol. The number of aryl methyl sites for hydroxylation is 1. The van der Waals surface area contributed by atoms with Gasteiger partial charge in [-0.25, -0.2) is 9.78 Å². The van der Waals surface area contributed by atoms with Gasteiger partial charge in [0.15, 0.2) is 5.96 Å². The highest BCUT2D eigenvalue weighted by Gasteiger charge is 2.23. The lowest BCUT2D eigenvalue weighted by atomic mass is 10.1. The molecule has 9 heteroatoms. The molecule has 29 heavy (non-hydrogen) atoms. The van der Waals surface area contributed by atoms with Crippen molar-refractivity contribution in [2.24, 2.45) is 4.99 Å². The number of halogens is 1. The van der Waals surface area contributed by atoms with Gasteiger partial charge in [-0.05, 0) is 26.0 Å². The molecule has 1 N–H and O–H groups in total. The summed E-state index contributed by atoms with van der Waals surface area (Å²) in [4.78, 5) is 24.5. The van der Waals surface area contributed by atoms with Gasteiger partial charge in [0.2, 0.25) is 5.89 Å². The van der Waals surface area contributed by atoms with E-state index in [0.717, 1.165) is 17.2 Å². The third-order valence-corrected chi connectivity index (χ3v) is 4.59. The summed E-state index contributed by atoms with van der Waals surface area (Å²) in [5, 5.41) is 3.32. The van der Waals surface area contributed by atoms with E-state index in [1.165, 1.54) is 5.56 Å². The lowest BCUT2D eigenvalue weighted by Gasteiger charge is -2.35. The van der Waals surface area contributed by atoms with Gasteiger partial charge in [-0.2, -0.15) is 0 Å². The van der Waals surface area contributed by atoms with Gasteiger partial charge in [-0.1, -0.05) is 17.7 Å². The maximum absolute atomic E-state index is 11.8. The van der Waals surface area contributed by atoms with Crippen molar-refractivity contribution in [2.45, 2.75) is 20.4 Å². The standard InChI is InChI=1S/C20H27N5O3.HI/c1-4-27-20(26)25-11-9-24(10-12-25)19(21-3)22-13-17-14-28-18(23-17)16-7-5-15(2)6-8-16;/h5-8,14H,4,9-13H2,1-3H3,(H,21,22);1H. The van der Waals surface area contributed by atoms with Crippen LogP contribution in [0.5, 0.6) is 0 Å². The summed E-state index contributed by atoms with van der Waals surface area (Å²) >= 11 is 0. The summed E-state index contributed by atoms with van der Waals surface area (Å²) in [7, 11) is 1.75. The second kappa shape index (κ2) is 11.0. The maximum atomic E-state index is 11.8. The Morgan fingerprint density at radius 1 is 1.21 bits per heavy atom. The molecular formula is C20H28IN5O3. The third-order valence-electron chi connectivity index (χ3n) is 4.59. The summed E-state index contributed by atoms with van der Waals surface area (Å²) in [6.07, 6.45) is 1.41. The molecule has 2 aromatic rings. The van der Waals surface area contributed by atoms with Crippen LogP contribution in [0.3, 0.4) is 0 Å². The molecule has 1 amide bonds. The van der Waals surface area contributed by atoms with Gasteiger partial charge in [-0.3, -0.25) is 4.99 Å². The number of aliphatic imine (C=N–C) groups is 1. The first-order chi connectivity index (χ1) is 13.6. The van der Waals surface area contributed by atoms with E-state index < -0.39 is 0 Å². The summed E-state index contributed by atoms with van der Waals surface area (Å²) in [5.41, 5.74) is 2.96. The van der Waals surface area contributed by atoms with Crippen molar-refractivity contribution in [3.8, 4) is 11.5 Å². The van der Waals surface area contributed by atoms with Gasteiger partial charge in [0.05, 0.1) is 18.8 Å². The molecule has 2 heterocycles. The fraction of sp³-hybridized carbons (Fsp3) is 0.450. The predicted octanol–water partition coefficient (Wildman–Crippen LogP) is 3.12. The molecule has 1 aromatic carbocycles. The number of oxazole rings is 1. The molecule has 0 saturated carbocycles. The number of carbonyl (C=O) groups is 1. The Bertz CT molecular complexity index is 814. The smallest absolute Gasteiger partial charge is 0.409 e. The fourth-order valence-corrected chi connectivity index (χ4v) is 3.03. The molecule has 1 saturated heterocycles. The molecule has 0 spiro atoms. The second-order valence-corrected chi connectivity index (χ2v) is 6.58. The second-order valence-electron chi connectivity index (χ2n) is 6.58. The van der Waals surface area contributed by atoms with Crippen LogP contribution in [0.15, 0.2) is 39.9 Å². The van der Waals surface area contributed by atoms with E-state index >= 15 is 0 Å². The van der Waals surface area contributed by atoms with Crippen LogP contribution >= 0.6 is 24.0 Å². The normalized spacial score (nSPS) is 14.4. The quantitative estimate of drug-likeness (QED) is 0.385. The van der Waals surface area contributed by atoms with Gasteiger partial charge in [0.1, 0.15) is 6.26 Å². The number of piperazine rings is 1. The Morgan fingerprint density at radius 3 is 2.48 bits per heavy atom. The first-order valence-electron chi connectivity index (χ1n) is 9.49. The van der Waals surface area contributed by atoms with Gasteiger partial charge in [0, 0.05) is 38.8 Å². The molecule has 8 nitrogen and oxygen atoms in total. The number of amides is 1. The molecule has 1 aromatic heterocycles. The minimum atomic E-state index is -0.253. The topological polar surface area (TPSA) is 83.2 Å². The monoisotopic (exact) mass is 513 g/mol. The molecule has 1 aliphatic heterocycles. The van der Waals surface area contributed by atoms with Gasteiger partial charge in [0.25, 0.3) is 0 Å². The number of rotatable bonds is 4. The minimum absolute atomic E-state index is 0. The number of hydrogen-bond acceptors (Lipinski definition) is 5. The molecule has 0 atom stereocenters. The minimum Gasteiger partial charge on any atom is -0.450 e. The zero-order valence-electron chi connectivity index (χ0n) is 17.1. The van der Waals surface area contributed by atoms with E-state index in [4.69, 9.17) is 9.15 Å². The van der Waals surface area contributed by atoms with Crippen molar-refractivity contribution >= 4 is 36.0 Å². The van der Waals surface area contributed by atoms with Crippen molar-refractivity contribution < 1.29 is 13.9 Å². The number of carbonyl (C=O) groups excluding carboxylic acids is 1. The van der Waals surface area contributed by atoms with E-state index in [0.29, 0.717) is 45.2 Å². The Balaban J connectivity index is 0.00000300. The van der Waals surface area contributed by atoms with Gasteiger partial charge < -0.3 is 24.3 Å². The highest BCUT2D eigenvalue weighted by molar-refractivity contribution is 14.0. The van der Waals surface area contributed by atoms with Crippen molar-refractivity contribution in [3.63, 3.8) is 0 Å². The summed E-state index contributed by atoms with van der Waals surface area (Å²) in [5.74, 6) is 1.39. The maximum Gasteiger partial charge on any atom is 0.409 e. The third kappa shape index (κ3) is 6.09. The van der Waals surface area contributed by atoms with Crippen LogP contribution in [0.2, 0.25) is 0 Å². The molecule has 0 radical (unpaired) electrons. The number of aromatic nitrogens is 1. The van der Waals surface area contributed by atoms with Crippen molar-refractivity contribution in [1.82, 2.24) is 20.1 Å². The van der Waals surface area contributed by atoms with Crippen LogP contribution in [0, 0.1) is 6.92 Å². The summed E-state index contributed by atoms with van der Waals surface area (Å²) in [6.45, 7) is 7.39. The molecule has 0 bridgehead atoms. The van der Waals surface area contributed by atoms with E-state index in [9.17, 15) is 4.79 Å². The number of nitrogens with one attached hydrogen (secondary N) is 1. The largest absolute Gasteiger partial charge is 0.450 e. The molecule has 0 aliphatic carbocycles. The molecule has 3 rings (SSSR count). The average Bonchev–Trinajstić information content (AvgIpc) is 3.18. The molecule has 1 fully saturated rings. The highest BCUT2D eigenvalue weighted by atomic mass is 127. The van der Waals surface area contributed by atoms with Gasteiger partial charge >= 0.3 is 6.09 Å². The predicted molar refractivity (Wildman–Crippen MR) is 122 cm³/mol. The SMILES string of the molecule is CCOC(=O)N1CCN(C(=NC)NCc2coc(-c3ccc(C)cc3)n2)CC1.I. The van der Waals surface area contributed by atoms with Crippen LogP contribution in [-0.4, -0.2) is 66.7 Å². The van der Waals surface area contributed by atoms with Crippen molar-refractivity contribution in [3.05, 3.63) is 41.8 Å². The van der Waals surface area contributed by atoms with E-state index in [-0.39, 0.29) is 30.1 Å². The fourth-order valence-electron chi connectivity index (χ4n) is 3.03. The van der Waals surface area contributed by atoms with Crippen LogP contribution in [-0.2, 0) is 11.3 Å². The summed E-state index contributed by atoms with van der Waals surface area (Å²) in [6, 6.07) is 8.07. The number of ether oxygens (including phenoxy) is 1. The Morgan fingerprint density at radius 2 is 1.86 bits per heavy atom. The van der Waals surface area contributed by atoms with Crippen LogP contribution in [0.25, 0.3) is 11.5 Å². The molecule has 158 valence electrons. The highest BCUT2D eigenvalue weighted by Crippen LogP contribution is 2.19. The average molecular weight is 513 g/mol. The lowest BCUT2D eigenvalue weighted by Crippen LogP contribution is -2.53. The lowest BCUT2D eigenvalue weighted by molar-refractivity contribution is 0.0914. The summed E-state index contributed by atoms with van der Waals surface area (Å²) < 4.78 is 10.7. The number of benzene rings is 1. The van der Waals surface area contributed by atoms with E-state index in [2.05, 4.69) is 20.2 Å². The van der Waals surface area contributed by atoms with E-state index in [1.54, 1.807) is 18.2 Å². The zero-order valence-corrected chi connectivity index (χ0v) is 19.4. The zero-order chi connectivity index (χ0) is 19.9. The Kier molecular flexibility index (Phi) is 8.74. The number of nitrogens with zero attached hydrogens (tertiary/aromatic N) is 4. The van der Waals surface area contributed by atoms with Crippen LogP contribution < -0.4 is 5.32 Å². The first-order valence-corrected chi connectivity index (χ1v) is 9.49. The van der Waals surface area contributed by atoms with Gasteiger partial charge in [-0.15, -0.1) is 24.0 Å². The van der Waals surface area contributed by atoms with Crippen molar-refractivity contribution in [1.29, 1.82) is 0 Å². The van der Waals surface area contributed by atoms with E-state index in [1.807, 2.05) is 38.1 Å². The Labute approximate surface area is 188 Å². The number of guanidine groups is 1. The molecule has 0 unspecified atom stereocenters. The van der Waals surface area contributed by atoms with Crippen LogP contribution in [0.4, 0.5) is 4.79 Å². The number of hydrogen-bond donors (Lipinski definition) is 1. The van der Waals surface area contributed by atoms with Crippen LogP contribution in [0.1, 0.15) is 18.2 Å². The Hall–Kier alpha value is -2.30.